The standard InChI is InChI=1S/C39H45N7O7/c40-34(47)29(14-11-26-7-3-1-4-8-26)42-35(48)30(15-12-27-9-5-2-6-10-27)43-36(49)31-17-18-39(19-21-41-22-20-39)46-38(51)44(37(50)45(31)46)24-28-13-16-32-33(23-28)53-25-52-32/h1-10,13,16,23,29-31,41H,11-12,14-15,17-22,24-25H2,(H2,40,47)(H,42,48)(H,43,49). The summed E-state index contributed by atoms with van der Waals surface area (Å²) in [7, 11) is 0. The van der Waals surface area contributed by atoms with Gasteiger partial charge in [-0.05, 0) is 93.3 Å². The third-order valence-electron chi connectivity index (χ3n) is 10.7. The Bertz CT molecular complexity index is 2070. The number of carbonyl (C=O) groups excluding carboxylic acids is 3. The summed E-state index contributed by atoms with van der Waals surface area (Å²) in [5.74, 6) is -0.671. The first kappa shape index (κ1) is 35.8. The van der Waals surface area contributed by atoms with Crippen LogP contribution in [0.15, 0.2) is 88.5 Å². The van der Waals surface area contributed by atoms with E-state index < -0.39 is 52.8 Å². The van der Waals surface area contributed by atoms with Crippen molar-refractivity contribution in [2.24, 2.45) is 5.73 Å². The number of benzene rings is 3. The quantitative estimate of drug-likeness (QED) is 0.161. The first-order valence-corrected chi connectivity index (χ1v) is 18.2. The number of amides is 3. The minimum atomic E-state index is -1.05. The van der Waals surface area contributed by atoms with Crippen LogP contribution in [-0.2, 0) is 39.3 Å². The molecule has 278 valence electrons. The lowest BCUT2D eigenvalue weighted by atomic mass is 9.81. The summed E-state index contributed by atoms with van der Waals surface area (Å²) in [6.07, 6.45) is 3.52. The molecular weight excluding hydrogens is 678 g/mol. The molecule has 4 heterocycles. The van der Waals surface area contributed by atoms with Crippen LogP contribution in [0.5, 0.6) is 11.5 Å². The fourth-order valence-electron chi connectivity index (χ4n) is 7.79. The Labute approximate surface area is 306 Å². The molecule has 3 amide bonds. The van der Waals surface area contributed by atoms with E-state index in [1.165, 1.54) is 9.36 Å². The molecule has 14 heteroatoms. The highest BCUT2D eigenvalue weighted by Crippen LogP contribution is 2.38. The number of piperidine rings is 1. The SMILES string of the molecule is NC(=O)C(CCc1ccccc1)NC(=O)C(CCc1ccccc1)NC(=O)C1CCC2(CCNCC2)n2c(=O)n(Cc3ccc4c(c3)OCO4)c(=O)n21. The molecule has 5 N–H and O–H groups in total. The highest BCUT2D eigenvalue weighted by Gasteiger charge is 2.46. The summed E-state index contributed by atoms with van der Waals surface area (Å²) in [4.78, 5) is 69.3. The van der Waals surface area contributed by atoms with Gasteiger partial charge >= 0.3 is 11.4 Å². The first-order valence-electron chi connectivity index (χ1n) is 18.2. The van der Waals surface area contributed by atoms with Crippen LogP contribution < -0.4 is 42.5 Å². The Morgan fingerprint density at radius 1 is 0.792 bits per heavy atom. The molecule has 0 radical (unpaired) electrons. The molecule has 1 fully saturated rings. The molecule has 3 unspecified atom stereocenters. The Balaban J connectivity index is 1.17. The first-order chi connectivity index (χ1) is 25.7. The van der Waals surface area contributed by atoms with E-state index in [1.807, 2.05) is 60.7 Å². The summed E-state index contributed by atoms with van der Waals surface area (Å²) in [6.45, 7) is 1.40. The molecule has 4 aromatic rings. The maximum Gasteiger partial charge on any atom is 0.348 e. The molecular formula is C39H45N7O7. The van der Waals surface area contributed by atoms with Crippen molar-refractivity contribution in [3.63, 3.8) is 0 Å². The number of carbonyl (C=O) groups is 3. The monoisotopic (exact) mass is 723 g/mol. The van der Waals surface area contributed by atoms with Crippen molar-refractivity contribution in [3.05, 3.63) is 117 Å². The molecule has 3 aromatic carbocycles. The Morgan fingerprint density at radius 3 is 2.09 bits per heavy atom. The molecule has 1 aromatic heterocycles. The van der Waals surface area contributed by atoms with E-state index in [9.17, 15) is 24.0 Å². The average Bonchev–Trinajstić information content (AvgIpc) is 3.75. The molecule has 3 aliphatic heterocycles. The van der Waals surface area contributed by atoms with Gasteiger partial charge < -0.3 is 31.2 Å². The lowest BCUT2D eigenvalue weighted by molar-refractivity contribution is -0.133. The second-order valence-corrected chi connectivity index (χ2v) is 14.1. The van der Waals surface area contributed by atoms with Crippen LogP contribution in [0.1, 0.15) is 61.3 Å². The number of nitrogens with one attached hydrogen (secondary N) is 3. The van der Waals surface area contributed by atoms with E-state index in [0.29, 0.717) is 68.7 Å². The van der Waals surface area contributed by atoms with Crippen LogP contribution in [0.25, 0.3) is 0 Å². The fourth-order valence-corrected chi connectivity index (χ4v) is 7.79. The molecule has 3 atom stereocenters. The van der Waals surface area contributed by atoms with Crippen LogP contribution in [0.2, 0.25) is 0 Å². The molecule has 14 nitrogen and oxygen atoms in total. The highest BCUT2D eigenvalue weighted by atomic mass is 16.7. The molecule has 7 rings (SSSR count). The second kappa shape index (κ2) is 15.5. The smallest absolute Gasteiger partial charge is 0.348 e. The number of fused-ring (bicyclic) bond motifs is 3. The topological polar surface area (TPSA) is 181 Å². The number of aromatic nitrogens is 3. The van der Waals surface area contributed by atoms with Crippen LogP contribution in [0.4, 0.5) is 0 Å². The van der Waals surface area contributed by atoms with E-state index in [-0.39, 0.29) is 26.2 Å². The number of hydrogen-bond acceptors (Lipinski definition) is 8. The van der Waals surface area contributed by atoms with Crippen molar-refractivity contribution in [1.82, 2.24) is 29.9 Å². The summed E-state index contributed by atoms with van der Waals surface area (Å²) in [6, 6.07) is 21.3. The largest absolute Gasteiger partial charge is 0.454 e. The Morgan fingerprint density at radius 2 is 1.43 bits per heavy atom. The fraction of sp³-hybridized carbons (Fsp3) is 0.410. The van der Waals surface area contributed by atoms with Gasteiger partial charge in [-0.25, -0.2) is 23.5 Å². The number of rotatable bonds is 13. The molecule has 0 aliphatic carbocycles. The number of primary amides is 1. The predicted molar refractivity (Wildman–Crippen MR) is 196 cm³/mol. The predicted octanol–water partition coefficient (Wildman–Crippen LogP) is 1.72. The van der Waals surface area contributed by atoms with Crippen molar-refractivity contribution < 1.29 is 23.9 Å². The Hall–Kier alpha value is -5.63. The average molecular weight is 724 g/mol. The zero-order valence-corrected chi connectivity index (χ0v) is 29.5. The third kappa shape index (κ3) is 7.63. The molecule has 0 bridgehead atoms. The summed E-state index contributed by atoms with van der Waals surface area (Å²) >= 11 is 0. The van der Waals surface area contributed by atoms with Gasteiger partial charge in [0.1, 0.15) is 18.1 Å². The second-order valence-electron chi connectivity index (χ2n) is 14.1. The van der Waals surface area contributed by atoms with Crippen LogP contribution in [-0.4, -0.2) is 63.6 Å². The lowest BCUT2D eigenvalue weighted by Crippen LogP contribution is -2.58. The number of nitrogens with two attached hydrogens (primary N) is 1. The van der Waals surface area contributed by atoms with Gasteiger partial charge in [-0.15, -0.1) is 0 Å². The van der Waals surface area contributed by atoms with E-state index in [1.54, 1.807) is 18.2 Å². The molecule has 0 saturated carbocycles. The highest BCUT2D eigenvalue weighted by molar-refractivity contribution is 5.92. The zero-order valence-electron chi connectivity index (χ0n) is 29.5. The molecule has 1 spiro atoms. The maximum atomic E-state index is 14.3. The van der Waals surface area contributed by atoms with E-state index in [4.69, 9.17) is 15.2 Å². The van der Waals surface area contributed by atoms with Crippen molar-refractivity contribution >= 4 is 17.7 Å². The lowest BCUT2D eigenvalue weighted by Gasteiger charge is -2.44. The van der Waals surface area contributed by atoms with Crippen molar-refractivity contribution in [1.29, 1.82) is 0 Å². The Kier molecular flexibility index (Phi) is 10.5. The summed E-state index contributed by atoms with van der Waals surface area (Å²) in [5, 5.41) is 9.04. The number of nitrogens with zero attached hydrogens (tertiary/aromatic N) is 3. The number of hydrogen-bond donors (Lipinski definition) is 4. The van der Waals surface area contributed by atoms with Crippen molar-refractivity contribution in [2.45, 2.75) is 81.6 Å². The number of aryl methyl sites for hydroxylation is 2. The van der Waals surface area contributed by atoms with Crippen LogP contribution >= 0.6 is 0 Å². The zero-order chi connectivity index (χ0) is 37.0. The van der Waals surface area contributed by atoms with Gasteiger partial charge in [-0.3, -0.25) is 14.4 Å². The van der Waals surface area contributed by atoms with E-state index in [2.05, 4.69) is 16.0 Å². The van der Waals surface area contributed by atoms with Gasteiger partial charge in [-0.1, -0.05) is 66.7 Å². The van der Waals surface area contributed by atoms with Crippen LogP contribution in [0, 0.1) is 0 Å². The molecule has 53 heavy (non-hydrogen) atoms. The van der Waals surface area contributed by atoms with Gasteiger partial charge in [0.05, 0.1) is 12.1 Å². The van der Waals surface area contributed by atoms with E-state index in [0.717, 1.165) is 15.7 Å². The van der Waals surface area contributed by atoms with Gasteiger partial charge in [0.2, 0.25) is 24.5 Å². The van der Waals surface area contributed by atoms with Gasteiger partial charge in [-0.2, -0.15) is 0 Å². The maximum absolute atomic E-state index is 14.3. The summed E-state index contributed by atoms with van der Waals surface area (Å²) in [5.41, 5.74) is 6.63. The van der Waals surface area contributed by atoms with E-state index >= 15 is 0 Å². The van der Waals surface area contributed by atoms with Crippen molar-refractivity contribution in [2.75, 3.05) is 19.9 Å². The van der Waals surface area contributed by atoms with Gasteiger partial charge in [0.15, 0.2) is 11.5 Å². The third-order valence-corrected chi connectivity index (χ3v) is 10.7. The normalized spacial score (nSPS) is 18.2. The minimum absolute atomic E-state index is 0.0242. The van der Waals surface area contributed by atoms with Gasteiger partial charge in [0, 0.05) is 0 Å². The minimum Gasteiger partial charge on any atom is -0.454 e. The number of ether oxygens (including phenoxy) is 2. The van der Waals surface area contributed by atoms with Crippen molar-refractivity contribution in [3.8, 4) is 11.5 Å². The summed E-state index contributed by atoms with van der Waals surface area (Å²) < 4.78 is 14.9. The van der Waals surface area contributed by atoms with Crippen LogP contribution in [0.3, 0.4) is 0 Å². The van der Waals surface area contributed by atoms with Gasteiger partial charge in [0.25, 0.3) is 0 Å². The molecule has 1 saturated heterocycles. The molecule has 3 aliphatic rings.